The second kappa shape index (κ2) is 2.91. The van der Waals surface area contributed by atoms with Crippen molar-refractivity contribution >= 4 is 0 Å². The molecular weight excluding hydrogens is 146 g/mol. The molecule has 1 aromatic rings. The van der Waals surface area contributed by atoms with E-state index in [0.29, 0.717) is 0 Å². The maximum Gasteiger partial charge on any atom is 0.0300 e. The first kappa shape index (κ1) is 7.81. The fourth-order valence-electron chi connectivity index (χ4n) is 2.10. The predicted molar refractivity (Wildman–Crippen MR) is 50.9 cm³/mol. The van der Waals surface area contributed by atoms with Crippen molar-refractivity contribution in [2.24, 2.45) is 11.7 Å². The summed E-state index contributed by atoms with van der Waals surface area (Å²) >= 11 is 0. The highest BCUT2D eigenvalue weighted by atomic mass is 14.6. The summed E-state index contributed by atoms with van der Waals surface area (Å²) in [5, 5.41) is 0. The average molecular weight is 161 g/mol. The maximum absolute atomic E-state index is 6.04. The van der Waals surface area contributed by atoms with Crippen LogP contribution in [-0.4, -0.2) is 0 Å². The van der Waals surface area contributed by atoms with E-state index >= 15 is 0 Å². The molecule has 64 valence electrons. The Morgan fingerprint density at radius 2 is 2.08 bits per heavy atom. The van der Waals surface area contributed by atoms with Crippen LogP contribution in [0.2, 0.25) is 0 Å². The standard InChI is InChI=1S/C11H15N/c1-8-6-9-4-2-3-5-10(9)11(12)7-8/h2-5,8,11H,6-7,12H2,1H3. The Bertz CT molecular complexity index is 280. The molecule has 0 saturated heterocycles. The molecule has 0 saturated carbocycles. The van der Waals surface area contributed by atoms with Crippen molar-refractivity contribution in [2.45, 2.75) is 25.8 Å². The van der Waals surface area contributed by atoms with Crippen LogP contribution in [0.1, 0.15) is 30.5 Å². The number of hydrogen-bond donors (Lipinski definition) is 1. The van der Waals surface area contributed by atoms with Crippen LogP contribution in [0.5, 0.6) is 0 Å². The summed E-state index contributed by atoms with van der Waals surface area (Å²) in [5.74, 6) is 0.745. The number of rotatable bonds is 0. The van der Waals surface area contributed by atoms with Crippen LogP contribution in [0.25, 0.3) is 0 Å². The lowest BCUT2D eigenvalue weighted by atomic mass is 9.82. The van der Waals surface area contributed by atoms with Crippen LogP contribution in [0.15, 0.2) is 24.3 Å². The molecule has 0 amide bonds. The molecule has 0 fully saturated rings. The molecule has 2 atom stereocenters. The first-order valence-electron chi connectivity index (χ1n) is 4.61. The van der Waals surface area contributed by atoms with E-state index in [0.717, 1.165) is 12.3 Å². The second-order valence-electron chi connectivity index (χ2n) is 3.85. The zero-order valence-electron chi connectivity index (χ0n) is 7.46. The smallest absolute Gasteiger partial charge is 0.0300 e. The van der Waals surface area contributed by atoms with Gasteiger partial charge in [-0.25, -0.2) is 0 Å². The minimum absolute atomic E-state index is 0.268. The summed E-state index contributed by atoms with van der Waals surface area (Å²) in [6.45, 7) is 2.27. The summed E-state index contributed by atoms with van der Waals surface area (Å²) in [6, 6.07) is 8.81. The molecule has 0 radical (unpaired) electrons. The molecular formula is C11H15N. The van der Waals surface area contributed by atoms with Crippen molar-refractivity contribution in [3.05, 3.63) is 35.4 Å². The lowest BCUT2D eigenvalue weighted by Gasteiger charge is -2.26. The third kappa shape index (κ3) is 1.25. The normalized spacial score (nSPS) is 28.2. The average Bonchev–Trinajstić information content (AvgIpc) is 2.04. The predicted octanol–water partition coefficient (Wildman–Crippen LogP) is 2.27. The molecule has 12 heavy (non-hydrogen) atoms. The van der Waals surface area contributed by atoms with Gasteiger partial charge in [-0.15, -0.1) is 0 Å². The minimum atomic E-state index is 0.268. The van der Waals surface area contributed by atoms with Crippen LogP contribution >= 0.6 is 0 Å². The Kier molecular flexibility index (Phi) is 1.89. The SMILES string of the molecule is CC1Cc2ccccc2C(N)C1. The Hall–Kier alpha value is -0.820. The van der Waals surface area contributed by atoms with E-state index in [-0.39, 0.29) is 6.04 Å². The molecule has 0 heterocycles. The zero-order chi connectivity index (χ0) is 8.55. The molecule has 0 spiro atoms. The maximum atomic E-state index is 6.04. The molecule has 2 rings (SSSR count). The van der Waals surface area contributed by atoms with Gasteiger partial charge in [0.15, 0.2) is 0 Å². The molecule has 1 nitrogen and oxygen atoms in total. The Labute approximate surface area is 73.6 Å². The molecule has 2 N–H and O–H groups in total. The summed E-state index contributed by atoms with van der Waals surface area (Å²) in [5.41, 5.74) is 8.84. The van der Waals surface area contributed by atoms with Gasteiger partial charge < -0.3 is 5.73 Å². The van der Waals surface area contributed by atoms with Crippen molar-refractivity contribution in [1.82, 2.24) is 0 Å². The number of fused-ring (bicyclic) bond motifs is 1. The van der Waals surface area contributed by atoms with E-state index in [1.165, 1.54) is 17.5 Å². The summed E-state index contributed by atoms with van der Waals surface area (Å²) in [4.78, 5) is 0. The van der Waals surface area contributed by atoms with Gasteiger partial charge in [0.2, 0.25) is 0 Å². The van der Waals surface area contributed by atoms with Gasteiger partial charge in [-0.05, 0) is 29.9 Å². The third-order valence-corrected chi connectivity index (χ3v) is 2.68. The van der Waals surface area contributed by atoms with Crippen LogP contribution in [0.3, 0.4) is 0 Å². The van der Waals surface area contributed by atoms with Gasteiger partial charge in [-0.1, -0.05) is 31.2 Å². The Balaban J connectivity index is 2.40. The lowest BCUT2D eigenvalue weighted by Crippen LogP contribution is -2.22. The Morgan fingerprint density at radius 1 is 1.33 bits per heavy atom. The topological polar surface area (TPSA) is 26.0 Å². The van der Waals surface area contributed by atoms with Crippen LogP contribution in [0, 0.1) is 5.92 Å². The number of nitrogens with two attached hydrogens (primary N) is 1. The van der Waals surface area contributed by atoms with Gasteiger partial charge in [0.25, 0.3) is 0 Å². The highest BCUT2D eigenvalue weighted by molar-refractivity contribution is 5.32. The second-order valence-corrected chi connectivity index (χ2v) is 3.85. The van der Waals surface area contributed by atoms with Crippen molar-refractivity contribution in [3.63, 3.8) is 0 Å². The fraction of sp³-hybridized carbons (Fsp3) is 0.455. The van der Waals surface area contributed by atoms with E-state index in [1.807, 2.05) is 0 Å². The lowest BCUT2D eigenvalue weighted by molar-refractivity contribution is 0.439. The van der Waals surface area contributed by atoms with Gasteiger partial charge in [0.05, 0.1) is 0 Å². The molecule has 1 aromatic carbocycles. The van der Waals surface area contributed by atoms with E-state index in [1.54, 1.807) is 0 Å². The summed E-state index contributed by atoms with van der Waals surface area (Å²) in [6.07, 6.45) is 2.33. The monoisotopic (exact) mass is 161 g/mol. The molecule has 1 aliphatic carbocycles. The van der Waals surface area contributed by atoms with Gasteiger partial charge in [-0.3, -0.25) is 0 Å². The largest absolute Gasteiger partial charge is 0.324 e. The molecule has 1 aliphatic rings. The first-order chi connectivity index (χ1) is 5.77. The van der Waals surface area contributed by atoms with Crippen LogP contribution < -0.4 is 5.73 Å². The summed E-state index contributed by atoms with van der Waals surface area (Å²) < 4.78 is 0. The van der Waals surface area contributed by atoms with E-state index in [9.17, 15) is 0 Å². The minimum Gasteiger partial charge on any atom is -0.324 e. The van der Waals surface area contributed by atoms with Crippen LogP contribution in [0.4, 0.5) is 0 Å². The van der Waals surface area contributed by atoms with Gasteiger partial charge in [0, 0.05) is 6.04 Å². The molecule has 0 bridgehead atoms. The summed E-state index contributed by atoms with van der Waals surface area (Å²) in [7, 11) is 0. The van der Waals surface area contributed by atoms with Crippen molar-refractivity contribution in [1.29, 1.82) is 0 Å². The highest BCUT2D eigenvalue weighted by Crippen LogP contribution is 2.30. The fourth-order valence-corrected chi connectivity index (χ4v) is 2.10. The molecule has 2 unspecified atom stereocenters. The van der Waals surface area contributed by atoms with Crippen LogP contribution in [-0.2, 0) is 6.42 Å². The molecule has 1 heteroatoms. The van der Waals surface area contributed by atoms with E-state index < -0.39 is 0 Å². The van der Waals surface area contributed by atoms with Gasteiger partial charge in [-0.2, -0.15) is 0 Å². The number of hydrogen-bond acceptors (Lipinski definition) is 1. The quantitative estimate of drug-likeness (QED) is 0.620. The third-order valence-electron chi connectivity index (χ3n) is 2.68. The first-order valence-corrected chi connectivity index (χ1v) is 4.61. The van der Waals surface area contributed by atoms with E-state index in [4.69, 9.17) is 5.73 Å². The highest BCUT2D eigenvalue weighted by Gasteiger charge is 2.20. The van der Waals surface area contributed by atoms with Crippen molar-refractivity contribution < 1.29 is 0 Å². The zero-order valence-corrected chi connectivity index (χ0v) is 7.46. The van der Waals surface area contributed by atoms with E-state index in [2.05, 4.69) is 31.2 Å². The van der Waals surface area contributed by atoms with Gasteiger partial charge in [0.1, 0.15) is 0 Å². The van der Waals surface area contributed by atoms with Gasteiger partial charge >= 0.3 is 0 Å². The molecule has 0 aromatic heterocycles. The van der Waals surface area contributed by atoms with Crippen molar-refractivity contribution in [3.8, 4) is 0 Å². The number of benzene rings is 1. The molecule has 0 aliphatic heterocycles. The Morgan fingerprint density at radius 3 is 2.92 bits per heavy atom. The van der Waals surface area contributed by atoms with Crippen molar-refractivity contribution in [2.75, 3.05) is 0 Å².